The lowest BCUT2D eigenvalue weighted by atomic mass is 9.73. The van der Waals surface area contributed by atoms with E-state index in [1.807, 2.05) is 0 Å². The molecule has 0 unspecified atom stereocenters. The molecule has 0 saturated heterocycles. The largest absolute Gasteiger partial charge is 0.379 e. The average molecular weight is 254 g/mol. The molecule has 0 radical (unpaired) electrons. The van der Waals surface area contributed by atoms with E-state index < -0.39 is 0 Å². The van der Waals surface area contributed by atoms with Gasteiger partial charge >= 0.3 is 0 Å². The fourth-order valence-corrected chi connectivity index (χ4v) is 2.71. The monoisotopic (exact) mass is 254 g/mol. The molecule has 0 aromatic rings. The van der Waals surface area contributed by atoms with E-state index in [2.05, 4.69) is 5.32 Å². The third-order valence-electron chi connectivity index (χ3n) is 4.27. The van der Waals surface area contributed by atoms with Gasteiger partial charge in [0.05, 0.1) is 12.0 Å². The van der Waals surface area contributed by atoms with Crippen LogP contribution in [0.1, 0.15) is 44.9 Å². The van der Waals surface area contributed by atoms with Crippen LogP contribution < -0.4 is 11.1 Å². The van der Waals surface area contributed by atoms with E-state index in [1.165, 1.54) is 19.3 Å². The summed E-state index contributed by atoms with van der Waals surface area (Å²) in [6.45, 7) is 2.58. The van der Waals surface area contributed by atoms with Gasteiger partial charge in [-0.25, -0.2) is 0 Å². The molecule has 1 amide bonds. The first-order valence-corrected chi connectivity index (χ1v) is 7.33. The van der Waals surface area contributed by atoms with Crippen LogP contribution in [0.4, 0.5) is 0 Å². The molecule has 2 aliphatic carbocycles. The summed E-state index contributed by atoms with van der Waals surface area (Å²) in [7, 11) is 0. The van der Waals surface area contributed by atoms with Crippen molar-refractivity contribution in [1.29, 1.82) is 0 Å². The number of ether oxygens (including phenoxy) is 1. The van der Waals surface area contributed by atoms with Gasteiger partial charge in [0.1, 0.15) is 0 Å². The van der Waals surface area contributed by atoms with Crippen molar-refractivity contribution in [2.75, 3.05) is 26.3 Å². The minimum Gasteiger partial charge on any atom is -0.379 e. The van der Waals surface area contributed by atoms with Gasteiger partial charge < -0.3 is 15.8 Å². The molecule has 2 aliphatic rings. The van der Waals surface area contributed by atoms with Gasteiger partial charge in [0.15, 0.2) is 0 Å². The number of rotatable bonds is 7. The first kappa shape index (κ1) is 13.8. The number of hydrogen-bond donors (Lipinski definition) is 2. The van der Waals surface area contributed by atoms with Gasteiger partial charge in [0.25, 0.3) is 0 Å². The second-order valence-electron chi connectivity index (χ2n) is 5.82. The number of hydrogen-bond acceptors (Lipinski definition) is 3. The molecule has 2 saturated carbocycles. The Morgan fingerprint density at radius 2 is 2.00 bits per heavy atom. The quantitative estimate of drug-likeness (QED) is 0.676. The molecule has 0 heterocycles. The fraction of sp³-hybridized carbons (Fsp3) is 0.929. The van der Waals surface area contributed by atoms with E-state index in [4.69, 9.17) is 10.5 Å². The molecule has 0 aliphatic heterocycles. The Kier molecular flexibility index (Phi) is 5.01. The third kappa shape index (κ3) is 3.69. The summed E-state index contributed by atoms with van der Waals surface area (Å²) in [5.41, 5.74) is 5.53. The van der Waals surface area contributed by atoms with Crippen molar-refractivity contribution in [3.8, 4) is 0 Å². The standard InChI is InChI=1S/C14H26N2O2/c15-11-14(6-2-1-3-7-14)13(17)16-8-9-18-10-12-4-5-12/h12H,1-11,15H2,(H,16,17). The molecule has 0 bridgehead atoms. The lowest BCUT2D eigenvalue weighted by Gasteiger charge is -2.34. The summed E-state index contributed by atoms with van der Waals surface area (Å²) >= 11 is 0. The number of amides is 1. The maximum atomic E-state index is 12.2. The normalized spacial score (nSPS) is 22.7. The zero-order valence-electron chi connectivity index (χ0n) is 11.2. The van der Waals surface area contributed by atoms with Gasteiger partial charge in [-0.3, -0.25) is 4.79 Å². The van der Waals surface area contributed by atoms with Crippen LogP contribution >= 0.6 is 0 Å². The van der Waals surface area contributed by atoms with Crippen molar-refractivity contribution in [2.45, 2.75) is 44.9 Å². The first-order chi connectivity index (χ1) is 8.77. The van der Waals surface area contributed by atoms with E-state index >= 15 is 0 Å². The molecule has 0 aromatic heterocycles. The minimum atomic E-state index is -0.297. The highest BCUT2D eigenvalue weighted by Gasteiger charge is 2.37. The molecule has 18 heavy (non-hydrogen) atoms. The molecule has 104 valence electrons. The molecule has 0 spiro atoms. The predicted octanol–water partition coefficient (Wildman–Crippen LogP) is 1.44. The molecular weight excluding hydrogens is 228 g/mol. The summed E-state index contributed by atoms with van der Waals surface area (Å²) in [5.74, 6) is 0.925. The van der Waals surface area contributed by atoms with E-state index in [1.54, 1.807) is 0 Å². The van der Waals surface area contributed by atoms with Crippen LogP contribution in [0.25, 0.3) is 0 Å². The van der Waals surface area contributed by atoms with Gasteiger partial charge in [0, 0.05) is 19.7 Å². The van der Waals surface area contributed by atoms with Gasteiger partial charge in [-0.05, 0) is 31.6 Å². The van der Waals surface area contributed by atoms with Crippen LogP contribution in [0.3, 0.4) is 0 Å². The zero-order valence-corrected chi connectivity index (χ0v) is 11.2. The Labute approximate surface area is 110 Å². The highest BCUT2D eigenvalue weighted by Crippen LogP contribution is 2.35. The van der Waals surface area contributed by atoms with Gasteiger partial charge in [-0.2, -0.15) is 0 Å². The summed E-state index contributed by atoms with van der Waals surface area (Å²) in [5, 5.41) is 2.99. The summed E-state index contributed by atoms with van der Waals surface area (Å²) in [6.07, 6.45) is 7.99. The summed E-state index contributed by atoms with van der Waals surface area (Å²) < 4.78 is 5.52. The van der Waals surface area contributed by atoms with Crippen LogP contribution in [-0.2, 0) is 9.53 Å². The van der Waals surface area contributed by atoms with Crippen LogP contribution in [0.2, 0.25) is 0 Å². The number of carbonyl (C=O) groups is 1. The number of nitrogens with two attached hydrogens (primary N) is 1. The van der Waals surface area contributed by atoms with Gasteiger partial charge in [-0.1, -0.05) is 19.3 Å². The van der Waals surface area contributed by atoms with Crippen LogP contribution in [0, 0.1) is 11.3 Å². The van der Waals surface area contributed by atoms with Crippen LogP contribution in [0.5, 0.6) is 0 Å². The zero-order chi connectivity index (χ0) is 12.8. The molecule has 4 nitrogen and oxygen atoms in total. The third-order valence-corrected chi connectivity index (χ3v) is 4.27. The lowest BCUT2D eigenvalue weighted by molar-refractivity contribution is -0.132. The Balaban J connectivity index is 1.64. The SMILES string of the molecule is NCC1(C(=O)NCCOCC2CC2)CCCCC1. The van der Waals surface area contributed by atoms with Gasteiger partial charge in [-0.15, -0.1) is 0 Å². The molecule has 4 heteroatoms. The minimum absolute atomic E-state index is 0.139. The predicted molar refractivity (Wildman–Crippen MR) is 71.1 cm³/mol. The second kappa shape index (κ2) is 6.53. The number of nitrogens with one attached hydrogen (secondary N) is 1. The van der Waals surface area contributed by atoms with Crippen molar-refractivity contribution in [3.63, 3.8) is 0 Å². The second-order valence-corrected chi connectivity index (χ2v) is 5.82. The van der Waals surface area contributed by atoms with Crippen LogP contribution in [-0.4, -0.2) is 32.2 Å². The first-order valence-electron chi connectivity index (χ1n) is 7.33. The van der Waals surface area contributed by atoms with E-state index in [0.29, 0.717) is 19.7 Å². The Morgan fingerprint density at radius 3 is 2.61 bits per heavy atom. The summed E-state index contributed by atoms with van der Waals surface area (Å²) in [4.78, 5) is 12.2. The van der Waals surface area contributed by atoms with Gasteiger partial charge in [0.2, 0.25) is 5.91 Å². The van der Waals surface area contributed by atoms with Crippen molar-refractivity contribution in [2.24, 2.45) is 17.1 Å². The Hall–Kier alpha value is -0.610. The molecule has 0 atom stereocenters. The molecule has 3 N–H and O–H groups in total. The van der Waals surface area contributed by atoms with Crippen molar-refractivity contribution >= 4 is 5.91 Å². The van der Waals surface area contributed by atoms with Crippen molar-refractivity contribution in [1.82, 2.24) is 5.32 Å². The molecule has 2 rings (SSSR count). The topological polar surface area (TPSA) is 64.4 Å². The van der Waals surface area contributed by atoms with Crippen molar-refractivity contribution in [3.05, 3.63) is 0 Å². The maximum Gasteiger partial charge on any atom is 0.227 e. The smallest absolute Gasteiger partial charge is 0.227 e. The van der Waals surface area contributed by atoms with E-state index in [0.717, 1.165) is 38.2 Å². The van der Waals surface area contributed by atoms with Crippen LogP contribution in [0.15, 0.2) is 0 Å². The average Bonchev–Trinajstić information content (AvgIpc) is 3.23. The summed E-state index contributed by atoms with van der Waals surface area (Å²) in [6, 6.07) is 0. The molecule has 0 aromatic carbocycles. The molecular formula is C14H26N2O2. The Bertz CT molecular complexity index is 271. The fourth-order valence-electron chi connectivity index (χ4n) is 2.71. The number of carbonyl (C=O) groups excluding carboxylic acids is 1. The van der Waals surface area contributed by atoms with E-state index in [9.17, 15) is 4.79 Å². The highest BCUT2D eigenvalue weighted by molar-refractivity contribution is 5.83. The Morgan fingerprint density at radius 1 is 1.28 bits per heavy atom. The molecule has 2 fully saturated rings. The van der Waals surface area contributed by atoms with Crippen molar-refractivity contribution < 1.29 is 9.53 Å². The maximum absolute atomic E-state index is 12.2. The van der Waals surface area contributed by atoms with E-state index in [-0.39, 0.29) is 11.3 Å². The lowest BCUT2D eigenvalue weighted by Crippen LogP contribution is -2.47. The highest BCUT2D eigenvalue weighted by atomic mass is 16.5.